The van der Waals surface area contributed by atoms with Crippen LogP contribution in [0.4, 0.5) is 0 Å². The van der Waals surface area contributed by atoms with E-state index in [0.29, 0.717) is 19.8 Å². The largest absolute Gasteiger partial charge is 0.381 e. The summed E-state index contributed by atoms with van der Waals surface area (Å²) in [5.74, 6) is 0. The Labute approximate surface area is 103 Å². The van der Waals surface area contributed by atoms with Crippen molar-refractivity contribution in [2.75, 3.05) is 26.3 Å². The summed E-state index contributed by atoms with van der Waals surface area (Å²) < 4.78 is 32.7. The van der Waals surface area contributed by atoms with Crippen LogP contribution < -0.4 is 10.0 Å². The zero-order valence-corrected chi connectivity index (χ0v) is 11.2. The van der Waals surface area contributed by atoms with E-state index in [-0.39, 0.29) is 10.8 Å². The monoisotopic (exact) mass is 262 g/mol. The van der Waals surface area contributed by atoms with E-state index < -0.39 is 10.0 Å². The lowest BCUT2D eigenvalue weighted by Gasteiger charge is -2.36. The Bertz CT molecular complexity index is 344. The third kappa shape index (κ3) is 3.40. The maximum atomic E-state index is 12.3. The Kier molecular flexibility index (Phi) is 4.07. The highest BCUT2D eigenvalue weighted by Crippen LogP contribution is 2.23. The van der Waals surface area contributed by atoms with Crippen molar-refractivity contribution in [3.05, 3.63) is 0 Å². The predicted octanol–water partition coefficient (Wildman–Crippen LogP) is 0.227. The highest BCUT2D eigenvalue weighted by molar-refractivity contribution is 7.90. The van der Waals surface area contributed by atoms with Crippen molar-refractivity contribution in [3.63, 3.8) is 0 Å². The minimum Gasteiger partial charge on any atom is -0.381 e. The highest BCUT2D eigenvalue weighted by Gasteiger charge is 2.36. The zero-order valence-electron chi connectivity index (χ0n) is 10.4. The molecule has 1 atom stereocenters. The first-order valence-corrected chi connectivity index (χ1v) is 7.88. The van der Waals surface area contributed by atoms with Crippen molar-refractivity contribution in [1.82, 2.24) is 10.0 Å². The molecule has 0 saturated carbocycles. The molecule has 2 aliphatic rings. The van der Waals surface area contributed by atoms with Gasteiger partial charge in [-0.05, 0) is 39.2 Å². The first-order chi connectivity index (χ1) is 8.02. The zero-order chi connectivity index (χ0) is 12.4. The summed E-state index contributed by atoms with van der Waals surface area (Å²) in [5, 5.41) is 2.87. The Hall–Kier alpha value is -0.170. The topological polar surface area (TPSA) is 67.4 Å². The number of ether oxygens (including phenoxy) is 1. The fourth-order valence-electron chi connectivity index (χ4n) is 2.44. The molecule has 0 bridgehead atoms. The van der Waals surface area contributed by atoms with Gasteiger partial charge in [0.1, 0.15) is 0 Å². The van der Waals surface area contributed by atoms with Gasteiger partial charge in [0.2, 0.25) is 10.0 Å². The van der Waals surface area contributed by atoms with Crippen molar-refractivity contribution < 1.29 is 13.2 Å². The van der Waals surface area contributed by atoms with E-state index in [1.165, 1.54) is 0 Å². The normalized spacial score (nSPS) is 30.1. The molecule has 100 valence electrons. The molecule has 0 aliphatic carbocycles. The van der Waals surface area contributed by atoms with Crippen LogP contribution >= 0.6 is 0 Å². The second-order valence-corrected chi connectivity index (χ2v) is 7.25. The van der Waals surface area contributed by atoms with Crippen molar-refractivity contribution in [1.29, 1.82) is 0 Å². The maximum absolute atomic E-state index is 12.3. The average Bonchev–Trinajstić information content (AvgIpc) is 2.30. The standard InChI is InChI=1S/C11H22N2O3S/c1-11(4-7-16-8-5-11)13-17(14,15)10-3-2-6-12-9-10/h10,12-13H,2-9H2,1H3. The van der Waals surface area contributed by atoms with E-state index in [4.69, 9.17) is 4.74 Å². The number of nitrogens with one attached hydrogen (secondary N) is 2. The van der Waals surface area contributed by atoms with E-state index in [9.17, 15) is 8.42 Å². The van der Waals surface area contributed by atoms with E-state index in [0.717, 1.165) is 32.2 Å². The summed E-state index contributed by atoms with van der Waals surface area (Å²) in [6.07, 6.45) is 3.21. The summed E-state index contributed by atoms with van der Waals surface area (Å²) in [6.45, 7) is 4.76. The van der Waals surface area contributed by atoms with Crippen LogP contribution in [-0.4, -0.2) is 45.5 Å². The molecule has 0 amide bonds. The van der Waals surface area contributed by atoms with Gasteiger partial charge >= 0.3 is 0 Å². The summed E-state index contributed by atoms with van der Waals surface area (Å²) >= 11 is 0. The molecule has 0 aromatic carbocycles. The molecule has 0 radical (unpaired) electrons. The van der Waals surface area contributed by atoms with Gasteiger partial charge in [0.05, 0.1) is 5.25 Å². The average molecular weight is 262 g/mol. The van der Waals surface area contributed by atoms with Crippen molar-refractivity contribution >= 4 is 10.0 Å². The molecular weight excluding hydrogens is 240 g/mol. The molecular formula is C11H22N2O3S. The molecule has 2 heterocycles. The molecule has 1 unspecified atom stereocenters. The van der Waals surface area contributed by atoms with Gasteiger partial charge in [0.15, 0.2) is 0 Å². The van der Waals surface area contributed by atoms with E-state index in [1.54, 1.807) is 0 Å². The number of hydrogen-bond acceptors (Lipinski definition) is 4. The lowest BCUT2D eigenvalue weighted by molar-refractivity contribution is 0.0536. The van der Waals surface area contributed by atoms with Gasteiger partial charge in [-0.25, -0.2) is 13.1 Å². The highest BCUT2D eigenvalue weighted by atomic mass is 32.2. The van der Waals surface area contributed by atoms with Gasteiger partial charge in [0, 0.05) is 25.3 Å². The van der Waals surface area contributed by atoms with Crippen LogP contribution in [0.1, 0.15) is 32.6 Å². The van der Waals surface area contributed by atoms with Crippen LogP contribution in [0.2, 0.25) is 0 Å². The second kappa shape index (κ2) is 5.22. The van der Waals surface area contributed by atoms with Crippen molar-refractivity contribution in [3.8, 4) is 0 Å². The molecule has 2 N–H and O–H groups in total. The Morgan fingerprint density at radius 3 is 2.65 bits per heavy atom. The smallest absolute Gasteiger partial charge is 0.216 e. The first-order valence-electron chi connectivity index (χ1n) is 6.33. The van der Waals surface area contributed by atoms with Crippen LogP contribution in [0.15, 0.2) is 0 Å². The number of sulfonamides is 1. The molecule has 5 nitrogen and oxygen atoms in total. The number of hydrogen-bond donors (Lipinski definition) is 2. The number of rotatable bonds is 3. The fraction of sp³-hybridized carbons (Fsp3) is 1.00. The second-order valence-electron chi connectivity index (χ2n) is 5.29. The van der Waals surface area contributed by atoms with Crippen molar-refractivity contribution in [2.45, 2.75) is 43.4 Å². The van der Waals surface area contributed by atoms with E-state index in [1.807, 2.05) is 6.92 Å². The minimum absolute atomic E-state index is 0.282. The molecule has 0 spiro atoms. The SMILES string of the molecule is CC1(NS(=O)(=O)C2CCCNC2)CCOCC1. The minimum atomic E-state index is -3.21. The van der Waals surface area contributed by atoms with Crippen LogP contribution in [-0.2, 0) is 14.8 Å². The predicted molar refractivity (Wildman–Crippen MR) is 66.4 cm³/mol. The quantitative estimate of drug-likeness (QED) is 0.764. The Balaban J connectivity index is 2.00. The first kappa shape index (κ1) is 13.3. The van der Waals surface area contributed by atoms with Gasteiger partial charge in [-0.2, -0.15) is 0 Å². The fourth-order valence-corrected chi connectivity index (χ4v) is 4.31. The molecule has 0 aromatic rings. The molecule has 2 aliphatic heterocycles. The molecule has 0 aromatic heterocycles. The Morgan fingerprint density at radius 1 is 1.35 bits per heavy atom. The summed E-state index contributed by atoms with van der Waals surface area (Å²) in [6, 6.07) is 0. The van der Waals surface area contributed by atoms with Crippen LogP contribution in [0, 0.1) is 0 Å². The van der Waals surface area contributed by atoms with Gasteiger partial charge in [0.25, 0.3) is 0 Å². The summed E-state index contributed by atoms with van der Waals surface area (Å²) in [7, 11) is -3.21. The molecule has 2 fully saturated rings. The maximum Gasteiger partial charge on any atom is 0.216 e. The van der Waals surface area contributed by atoms with Crippen LogP contribution in [0.5, 0.6) is 0 Å². The van der Waals surface area contributed by atoms with Crippen LogP contribution in [0.25, 0.3) is 0 Å². The third-order valence-electron chi connectivity index (χ3n) is 3.68. The van der Waals surface area contributed by atoms with E-state index >= 15 is 0 Å². The molecule has 6 heteroatoms. The molecule has 2 rings (SSSR count). The third-order valence-corrected chi connectivity index (χ3v) is 5.73. The Morgan fingerprint density at radius 2 is 2.06 bits per heavy atom. The van der Waals surface area contributed by atoms with Crippen molar-refractivity contribution in [2.24, 2.45) is 0 Å². The van der Waals surface area contributed by atoms with Gasteiger partial charge in [-0.1, -0.05) is 0 Å². The summed E-state index contributed by atoms with van der Waals surface area (Å²) in [5.41, 5.74) is -0.325. The van der Waals surface area contributed by atoms with E-state index in [2.05, 4.69) is 10.0 Å². The molecule has 17 heavy (non-hydrogen) atoms. The van der Waals surface area contributed by atoms with Gasteiger partial charge in [-0.15, -0.1) is 0 Å². The number of piperidine rings is 1. The van der Waals surface area contributed by atoms with Crippen LogP contribution in [0.3, 0.4) is 0 Å². The summed E-state index contributed by atoms with van der Waals surface area (Å²) in [4.78, 5) is 0. The lowest BCUT2D eigenvalue weighted by atomic mass is 9.94. The van der Waals surface area contributed by atoms with Gasteiger partial charge < -0.3 is 10.1 Å². The lowest BCUT2D eigenvalue weighted by Crippen LogP contribution is -2.54. The molecule has 2 saturated heterocycles. The van der Waals surface area contributed by atoms with Gasteiger partial charge in [-0.3, -0.25) is 0 Å².